The number of ketones is 1. The Hall–Kier alpha value is -2.23. The molecule has 0 aliphatic carbocycles. The Bertz CT molecular complexity index is 817. The smallest absolute Gasteiger partial charge is 0.185 e. The Morgan fingerprint density at radius 1 is 0.962 bits per heavy atom. The monoisotopic (exact) mass is 348 g/mol. The van der Waals surface area contributed by atoms with Gasteiger partial charge in [-0.15, -0.1) is 0 Å². The minimum Gasteiger partial charge on any atom is -0.373 e. The number of epoxide rings is 2. The molecule has 2 aromatic carbocycles. The number of hydrogen-bond donors (Lipinski definition) is 0. The molecule has 4 rings (SSSR count). The van der Waals surface area contributed by atoms with E-state index in [0.717, 1.165) is 37.2 Å². The number of carbonyl (C=O) groups is 1. The van der Waals surface area contributed by atoms with E-state index < -0.39 is 0 Å². The van der Waals surface area contributed by atoms with Crippen molar-refractivity contribution in [3.63, 3.8) is 0 Å². The van der Waals surface area contributed by atoms with E-state index in [-0.39, 0.29) is 5.78 Å². The van der Waals surface area contributed by atoms with Gasteiger partial charge in [0.1, 0.15) is 0 Å². The summed E-state index contributed by atoms with van der Waals surface area (Å²) in [5, 5.41) is 0. The molecule has 3 heteroatoms. The van der Waals surface area contributed by atoms with Gasteiger partial charge in [0.05, 0.1) is 25.4 Å². The molecular formula is C23H24O3. The molecule has 2 heterocycles. The van der Waals surface area contributed by atoms with Crippen LogP contribution in [-0.4, -0.2) is 31.2 Å². The topological polar surface area (TPSA) is 42.1 Å². The fourth-order valence-corrected chi connectivity index (χ4v) is 3.40. The van der Waals surface area contributed by atoms with Crippen molar-refractivity contribution in [1.29, 1.82) is 0 Å². The van der Waals surface area contributed by atoms with E-state index in [4.69, 9.17) is 9.47 Å². The van der Waals surface area contributed by atoms with Crippen LogP contribution in [0.4, 0.5) is 0 Å². The number of allylic oxidation sites excluding steroid dienone is 1. The van der Waals surface area contributed by atoms with Crippen molar-refractivity contribution >= 4 is 11.9 Å². The lowest BCUT2D eigenvalue weighted by molar-refractivity contribution is 0.104. The molecule has 0 spiro atoms. The summed E-state index contributed by atoms with van der Waals surface area (Å²) in [6.07, 6.45) is 6.29. The number of hydrogen-bond acceptors (Lipinski definition) is 3. The van der Waals surface area contributed by atoms with Crippen LogP contribution in [0.3, 0.4) is 0 Å². The predicted octanol–water partition coefficient (Wildman–Crippen LogP) is 4.08. The fourth-order valence-electron chi connectivity index (χ4n) is 3.40. The third-order valence-corrected chi connectivity index (χ3v) is 5.02. The average molecular weight is 348 g/mol. The van der Waals surface area contributed by atoms with Gasteiger partial charge in [0.2, 0.25) is 0 Å². The Labute approximate surface area is 154 Å². The first kappa shape index (κ1) is 17.2. The number of rotatable bonds is 7. The van der Waals surface area contributed by atoms with Crippen molar-refractivity contribution in [2.75, 3.05) is 13.2 Å². The van der Waals surface area contributed by atoms with Crippen molar-refractivity contribution in [2.24, 2.45) is 0 Å². The summed E-state index contributed by atoms with van der Waals surface area (Å²) in [6, 6.07) is 12.3. The summed E-state index contributed by atoms with van der Waals surface area (Å²) in [6.45, 7) is 5.93. The Kier molecular flexibility index (Phi) is 4.75. The summed E-state index contributed by atoms with van der Waals surface area (Å²) in [5.41, 5.74) is 6.77. The molecule has 2 aliphatic heterocycles. The molecule has 2 fully saturated rings. The van der Waals surface area contributed by atoms with Crippen LogP contribution in [0, 0.1) is 13.8 Å². The molecule has 0 amide bonds. The lowest BCUT2D eigenvalue weighted by Gasteiger charge is -2.09. The molecule has 2 unspecified atom stereocenters. The van der Waals surface area contributed by atoms with Crippen molar-refractivity contribution in [3.8, 4) is 0 Å². The summed E-state index contributed by atoms with van der Waals surface area (Å²) in [5.74, 6) is 0.0356. The van der Waals surface area contributed by atoms with Gasteiger partial charge in [-0.05, 0) is 47.7 Å². The fraction of sp³-hybridized carbons (Fsp3) is 0.348. The minimum atomic E-state index is 0.0356. The standard InChI is InChI=1S/C23H24O3/c1-15-9-18(12-21-14-26-21)10-16(2)22(15)7-8-23(24)19-5-3-17(4-6-19)11-20-13-25-20/h3-10,20-21H,11-14H2,1-2H3/b8-7+. The highest BCUT2D eigenvalue weighted by atomic mass is 16.6. The van der Waals surface area contributed by atoms with E-state index in [0.29, 0.717) is 12.2 Å². The predicted molar refractivity (Wildman–Crippen MR) is 103 cm³/mol. The number of ether oxygens (including phenoxy) is 2. The molecule has 3 nitrogen and oxygen atoms in total. The summed E-state index contributed by atoms with van der Waals surface area (Å²) in [4.78, 5) is 12.5. The number of benzene rings is 2. The van der Waals surface area contributed by atoms with Gasteiger partial charge in [0, 0.05) is 18.4 Å². The van der Waals surface area contributed by atoms with Gasteiger partial charge in [0.25, 0.3) is 0 Å². The van der Waals surface area contributed by atoms with E-state index in [9.17, 15) is 4.79 Å². The molecule has 134 valence electrons. The Morgan fingerprint density at radius 2 is 1.50 bits per heavy atom. The maximum Gasteiger partial charge on any atom is 0.185 e. The molecule has 0 N–H and O–H groups in total. The van der Waals surface area contributed by atoms with E-state index in [2.05, 4.69) is 26.0 Å². The van der Waals surface area contributed by atoms with Crippen LogP contribution in [0.2, 0.25) is 0 Å². The third kappa shape index (κ3) is 4.29. The lowest BCUT2D eigenvalue weighted by Crippen LogP contribution is -1.99. The summed E-state index contributed by atoms with van der Waals surface area (Å²) < 4.78 is 10.6. The van der Waals surface area contributed by atoms with E-state index in [1.807, 2.05) is 30.3 Å². The first-order valence-electron chi connectivity index (χ1n) is 9.23. The molecule has 2 saturated heterocycles. The highest BCUT2D eigenvalue weighted by molar-refractivity contribution is 6.07. The van der Waals surface area contributed by atoms with Crippen molar-refractivity contribution < 1.29 is 14.3 Å². The van der Waals surface area contributed by atoms with E-state index in [1.54, 1.807) is 6.08 Å². The van der Waals surface area contributed by atoms with Gasteiger partial charge in [-0.3, -0.25) is 4.79 Å². The first-order chi connectivity index (χ1) is 12.6. The van der Waals surface area contributed by atoms with Crippen LogP contribution in [0.5, 0.6) is 0 Å². The highest BCUT2D eigenvalue weighted by Gasteiger charge is 2.23. The maximum absolute atomic E-state index is 12.5. The molecular weight excluding hydrogens is 324 g/mol. The summed E-state index contributed by atoms with van der Waals surface area (Å²) >= 11 is 0. The maximum atomic E-state index is 12.5. The zero-order chi connectivity index (χ0) is 18.1. The SMILES string of the molecule is Cc1cc(CC2CO2)cc(C)c1/C=C/C(=O)c1ccc(CC2CO2)cc1. The quantitative estimate of drug-likeness (QED) is 0.430. The number of carbonyl (C=O) groups excluding carboxylic acids is 1. The molecule has 2 atom stereocenters. The second-order valence-corrected chi connectivity index (χ2v) is 7.36. The zero-order valence-electron chi connectivity index (χ0n) is 15.3. The molecule has 2 aliphatic rings. The molecule has 0 saturated carbocycles. The molecule has 0 bridgehead atoms. The second-order valence-electron chi connectivity index (χ2n) is 7.36. The molecule has 0 radical (unpaired) electrons. The number of aryl methyl sites for hydroxylation is 2. The largest absolute Gasteiger partial charge is 0.373 e. The lowest BCUT2D eigenvalue weighted by atomic mass is 9.96. The van der Waals surface area contributed by atoms with Gasteiger partial charge in [-0.25, -0.2) is 0 Å². The van der Waals surface area contributed by atoms with Gasteiger partial charge in [-0.2, -0.15) is 0 Å². The second kappa shape index (κ2) is 7.18. The van der Waals surface area contributed by atoms with Gasteiger partial charge in [0.15, 0.2) is 5.78 Å². The van der Waals surface area contributed by atoms with Crippen LogP contribution in [0.1, 0.15) is 38.2 Å². The highest BCUT2D eigenvalue weighted by Crippen LogP contribution is 2.23. The first-order valence-corrected chi connectivity index (χ1v) is 9.23. The van der Waals surface area contributed by atoms with Crippen molar-refractivity contribution in [1.82, 2.24) is 0 Å². The van der Waals surface area contributed by atoms with Gasteiger partial charge < -0.3 is 9.47 Å². The molecule has 0 aromatic heterocycles. The van der Waals surface area contributed by atoms with Crippen molar-refractivity contribution in [3.05, 3.63) is 75.9 Å². The van der Waals surface area contributed by atoms with Crippen LogP contribution in [-0.2, 0) is 22.3 Å². The van der Waals surface area contributed by atoms with Crippen LogP contribution < -0.4 is 0 Å². The summed E-state index contributed by atoms with van der Waals surface area (Å²) in [7, 11) is 0. The Morgan fingerprint density at radius 3 is 2.04 bits per heavy atom. The van der Waals surface area contributed by atoms with Crippen molar-refractivity contribution in [2.45, 2.75) is 38.9 Å². The van der Waals surface area contributed by atoms with Crippen LogP contribution >= 0.6 is 0 Å². The van der Waals surface area contributed by atoms with Gasteiger partial charge >= 0.3 is 0 Å². The van der Waals surface area contributed by atoms with Crippen LogP contribution in [0.15, 0.2) is 42.5 Å². The average Bonchev–Trinajstić information content (AvgIpc) is 3.52. The zero-order valence-corrected chi connectivity index (χ0v) is 15.3. The Balaban J connectivity index is 1.45. The molecule has 26 heavy (non-hydrogen) atoms. The van der Waals surface area contributed by atoms with E-state index in [1.165, 1.54) is 22.3 Å². The minimum absolute atomic E-state index is 0.0356. The third-order valence-electron chi connectivity index (χ3n) is 5.02. The van der Waals surface area contributed by atoms with Crippen LogP contribution in [0.25, 0.3) is 6.08 Å². The van der Waals surface area contributed by atoms with E-state index >= 15 is 0 Å². The van der Waals surface area contributed by atoms with Gasteiger partial charge in [-0.1, -0.05) is 42.5 Å². The molecule has 2 aromatic rings. The normalized spacial score (nSPS) is 21.2.